The topological polar surface area (TPSA) is 29.4 Å². The Morgan fingerprint density at radius 1 is 1.18 bits per heavy atom. The predicted molar refractivity (Wildman–Crippen MR) is 46.5 cm³/mol. The normalized spacial score (nSPS) is 20.0. The van der Waals surface area contributed by atoms with Crippen LogP contribution >= 0.6 is 0 Å². The lowest BCUT2D eigenvalue weighted by molar-refractivity contribution is 0.334. The monoisotopic (exact) mass is 155 g/mol. The molecule has 1 aliphatic rings. The highest BCUT2D eigenvalue weighted by Gasteiger charge is 2.12. The van der Waals surface area contributed by atoms with Gasteiger partial charge in [0, 0.05) is 0 Å². The molecule has 0 spiro atoms. The molecule has 0 N–H and O–H groups in total. The molecule has 0 atom stereocenters. The van der Waals surface area contributed by atoms with Crippen LogP contribution in [0.5, 0.6) is 0 Å². The Hall–Kier alpha value is -0.400. The van der Waals surface area contributed by atoms with E-state index in [0.717, 1.165) is 12.3 Å². The minimum Gasteiger partial charge on any atom is -0.151 e. The fourth-order valence-corrected chi connectivity index (χ4v) is 1.92. The van der Waals surface area contributed by atoms with Gasteiger partial charge in [-0.1, -0.05) is 37.3 Å². The number of nitrogens with zero attached hydrogens (tertiary/aromatic N) is 1. The lowest BCUT2D eigenvalue weighted by Crippen LogP contribution is -2.06. The van der Waals surface area contributed by atoms with Crippen molar-refractivity contribution < 1.29 is 0 Å². The molecule has 0 heterocycles. The summed E-state index contributed by atoms with van der Waals surface area (Å²) in [5, 5.41) is 2.87. The van der Waals surface area contributed by atoms with Gasteiger partial charge >= 0.3 is 0 Å². The van der Waals surface area contributed by atoms with Crippen LogP contribution in [0, 0.1) is 10.8 Å². The number of hydrogen-bond donors (Lipinski definition) is 0. The van der Waals surface area contributed by atoms with E-state index in [1.54, 1.807) is 0 Å². The summed E-state index contributed by atoms with van der Waals surface area (Å²) >= 11 is 0. The first kappa shape index (κ1) is 8.69. The van der Waals surface area contributed by atoms with Gasteiger partial charge in [0.25, 0.3) is 0 Å². The molecule has 0 bridgehead atoms. The maximum atomic E-state index is 9.80. The second-order valence-electron chi connectivity index (χ2n) is 3.50. The first-order chi connectivity index (χ1) is 5.43. The van der Waals surface area contributed by atoms with E-state index >= 15 is 0 Å². The fraction of sp³-hybridized carbons (Fsp3) is 1.00. The quantitative estimate of drug-likeness (QED) is 0.453. The zero-order chi connectivity index (χ0) is 7.94. The van der Waals surface area contributed by atoms with Crippen LogP contribution in [-0.2, 0) is 0 Å². The Balaban J connectivity index is 2.00. The van der Waals surface area contributed by atoms with Gasteiger partial charge in [-0.05, 0) is 18.8 Å². The summed E-state index contributed by atoms with van der Waals surface area (Å²) in [5.41, 5.74) is 0. The summed E-state index contributed by atoms with van der Waals surface area (Å²) in [6, 6.07) is 0. The highest BCUT2D eigenvalue weighted by atomic mass is 16.3. The molecule has 11 heavy (non-hydrogen) atoms. The van der Waals surface area contributed by atoms with Crippen LogP contribution in [0.2, 0.25) is 0 Å². The van der Waals surface area contributed by atoms with Gasteiger partial charge in [0.15, 0.2) is 0 Å². The highest BCUT2D eigenvalue weighted by molar-refractivity contribution is 4.65. The van der Waals surface area contributed by atoms with Crippen LogP contribution in [0.1, 0.15) is 44.9 Å². The van der Waals surface area contributed by atoms with Gasteiger partial charge in [-0.2, -0.15) is 4.91 Å². The van der Waals surface area contributed by atoms with Crippen LogP contribution in [0.25, 0.3) is 0 Å². The fourth-order valence-electron chi connectivity index (χ4n) is 1.92. The second kappa shape index (κ2) is 5.28. The van der Waals surface area contributed by atoms with Crippen LogP contribution in [-0.4, -0.2) is 6.54 Å². The van der Waals surface area contributed by atoms with E-state index in [1.807, 2.05) is 0 Å². The van der Waals surface area contributed by atoms with Crippen molar-refractivity contribution in [3.05, 3.63) is 4.91 Å². The minimum atomic E-state index is 0.524. The molecule has 1 rings (SSSR count). The van der Waals surface area contributed by atoms with Gasteiger partial charge in [0.05, 0.1) is 6.54 Å². The molecule has 1 saturated carbocycles. The van der Waals surface area contributed by atoms with Crippen molar-refractivity contribution in [1.82, 2.24) is 0 Å². The number of nitroso groups, excluding NO2 is 1. The Bertz CT molecular complexity index is 108. The summed E-state index contributed by atoms with van der Waals surface area (Å²) in [7, 11) is 0. The maximum Gasteiger partial charge on any atom is 0.0811 e. The molecule has 2 nitrogen and oxygen atoms in total. The molecule has 2 heteroatoms. The van der Waals surface area contributed by atoms with Crippen molar-refractivity contribution in [2.75, 3.05) is 6.54 Å². The molecule has 1 aliphatic carbocycles. The molecule has 1 fully saturated rings. The van der Waals surface area contributed by atoms with E-state index in [2.05, 4.69) is 5.18 Å². The van der Waals surface area contributed by atoms with Crippen LogP contribution in [0.3, 0.4) is 0 Å². The van der Waals surface area contributed by atoms with Crippen molar-refractivity contribution in [2.24, 2.45) is 11.1 Å². The summed E-state index contributed by atoms with van der Waals surface area (Å²) in [6.45, 7) is 0.524. The van der Waals surface area contributed by atoms with E-state index in [1.165, 1.54) is 38.5 Å². The zero-order valence-electron chi connectivity index (χ0n) is 7.09. The lowest BCUT2D eigenvalue weighted by atomic mass is 9.86. The molecule has 0 amide bonds. The Morgan fingerprint density at radius 2 is 1.91 bits per heavy atom. The third-order valence-electron chi connectivity index (χ3n) is 2.59. The van der Waals surface area contributed by atoms with Crippen molar-refractivity contribution in [2.45, 2.75) is 44.9 Å². The zero-order valence-corrected chi connectivity index (χ0v) is 7.09. The number of rotatable bonds is 4. The highest BCUT2D eigenvalue weighted by Crippen LogP contribution is 2.26. The Labute approximate surface area is 68.3 Å². The van der Waals surface area contributed by atoms with Crippen molar-refractivity contribution in [3.63, 3.8) is 0 Å². The summed E-state index contributed by atoms with van der Waals surface area (Å²) in [5.74, 6) is 0.908. The van der Waals surface area contributed by atoms with Gasteiger partial charge in [0.2, 0.25) is 0 Å². The summed E-state index contributed by atoms with van der Waals surface area (Å²) in [4.78, 5) is 9.80. The minimum absolute atomic E-state index is 0.524. The third-order valence-corrected chi connectivity index (χ3v) is 2.59. The van der Waals surface area contributed by atoms with Crippen LogP contribution < -0.4 is 0 Å². The maximum absolute atomic E-state index is 9.80. The van der Waals surface area contributed by atoms with Crippen LogP contribution in [0.15, 0.2) is 5.18 Å². The van der Waals surface area contributed by atoms with Gasteiger partial charge in [-0.3, -0.25) is 0 Å². The first-order valence-electron chi connectivity index (χ1n) is 4.72. The van der Waals surface area contributed by atoms with Crippen molar-refractivity contribution in [1.29, 1.82) is 0 Å². The molecule has 64 valence electrons. The van der Waals surface area contributed by atoms with Gasteiger partial charge in [-0.25, -0.2) is 0 Å². The molecular weight excluding hydrogens is 138 g/mol. The third kappa shape index (κ3) is 3.49. The second-order valence-corrected chi connectivity index (χ2v) is 3.50. The molecule has 0 aliphatic heterocycles. The van der Waals surface area contributed by atoms with Gasteiger partial charge < -0.3 is 0 Å². The van der Waals surface area contributed by atoms with Gasteiger partial charge in [-0.15, -0.1) is 0 Å². The van der Waals surface area contributed by atoms with E-state index < -0.39 is 0 Å². The van der Waals surface area contributed by atoms with E-state index in [4.69, 9.17) is 0 Å². The molecule has 0 aromatic rings. The Kier molecular flexibility index (Phi) is 4.17. The SMILES string of the molecule is O=NCCCC1CCCCC1. The molecule has 0 aromatic carbocycles. The lowest BCUT2D eigenvalue weighted by Gasteiger charge is -2.20. The molecule has 0 saturated heterocycles. The van der Waals surface area contributed by atoms with Crippen LogP contribution in [0.4, 0.5) is 0 Å². The summed E-state index contributed by atoms with van der Waals surface area (Å²) < 4.78 is 0. The smallest absolute Gasteiger partial charge is 0.0811 e. The average Bonchev–Trinajstić information content (AvgIpc) is 2.07. The summed E-state index contributed by atoms with van der Waals surface area (Å²) in [6.07, 6.45) is 9.23. The largest absolute Gasteiger partial charge is 0.151 e. The average molecular weight is 155 g/mol. The van der Waals surface area contributed by atoms with E-state index in [-0.39, 0.29) is 0 Å². The van der Waals surface area contributed by atoms with E-state index in [9.17, 15) is 4.91 Å². The van der Waals surface area contributed by atoms with Crippen molar-refractivity contribution >= 4 is 0 Å². The molecule has 0 radical (unpaired) electrons. The van der Waals surface area contributed by atoms with Crippen molar-refractivity contribution in [3.8, 4) is 0 Å². The van der Waals surface area contributed by atoms with Gasteiger partial charge in [0.1, 0.15) is 0 Å². The first-order valence-corrected chi connectivity index (χ1v) is 4.72. The molecule has 0 aromatic heterocycles. The number of hydrogen-bond acceptors (Lipinski definition) is 2. The Morgan fingerprint density at radius 3 is 2.55 bits per heavy atom. The molecule has 0 unspecified atom stereocenters. The standard InChI is InChI=1S/C9H17NO/c11-10-8-4-7-9-5-2-1-3-6-9/h9H,1-8H2. The molecular formula is C9H17NO. The predicted octanol–water partition coefficient (Wildman–Crippen LogP) is 3.11. The van der Waals surface area contributed by atoms with E-state index in [0.29, 0.717) is 6.54 Å².